The predicted octanol–water partition coefficient (Wildman–Crippen LogP) is 5.39. The molecule has 160 valence electrons. The quantitative estimate of drug-likeness (QED) is 0.444. The summed E-state index contributed by atoms with van der Waals surface area (Å²) in [4.78, 5) is 21.6. The van der Waals surface area contributed by atoms with Crippen LogP contribution in [0.5, 0.6) is 0 Å². The van der Waals surface area contributed by atoms with E-state index >= 15 is 0 Å². The Morgan fingerprint density at radius 3 is 2.13 bits per heavy atom. The average Bonchev–Trinajstić information content (AvgIpc) is 2.71. The van der Waals surface area contributed by atoms with Gasteiger partial charge in [-0.25, -0.2) is 4.99 Å². The van der Waals surface area contributed by atoms with Gasteiger partial charge >= 0.3 is 0 Å². The number of hydrogen-bond acceptors (Lipinski definition) is 3. The van der Waals surface area contributed by atoms with E-state index in [9.17, 15) is 4.79 Å². The molecule has 0 aliphatic rings. The van der Waals surface area contributed by atoms with Gasteiger partial charge in [0.15, 0.2) is 0 Å². The molecule has 31 heavy (non-hydrogen) atoms. The van der Waals surface area contributed by atoms with Crippen molar-refractivity contribution in [1.29, 1.82) is 0 Å². The molecule has 1 heterocycles. The van der Waals surface area contributed by atoms with Gasteiger partial charge in [-0.15, -0.1) is 0 Å². The molecule has 0 unspecified atom stereocenters. The van der Waals surface area contributed by atoms with Gasteiger partial charge in [-0.1, -0.05) is 39.0 Å². The summed E-state index contributed by atoms with van der Waals surface area (Å²) in [6.45, 7) is 11.0. The summed E-state index contributed by atoms with van der Waals surface area (Å²) < 4.78 is 0. The van der Waals surface area contributed by atoms with Gasteiger partial charge in [-0.05, 0) is 77.9 Å². The first-order chi connectivity index (χ1) is 14.7. The van der Waals surface area contributed by atoms with Crippen LogP contribution >= 0.6 is 0 Å². The molecule has 0 fully saturated rings. The lowest BCUT2D eigenvalue weighted by atomic mass is 9.87. The Morgan fingerprint density at radius 1 is 0.935 bits per heavy atom. The number of aryl methyl sites for hydroxylation is 2. The Hall–Kier alpha value is -3.47. The Morgan fingerprint density at radius 2 is 1.55 bits per heavy atom. The smallest absolute Gasteiger partial charge is 0.257 e. The molecular weight excluding hydrogens is 384 g/mol. The Labute approximate surface area is 184 Å². The van der Waals surface area contributed by atoms with Crippen LogP contribution in [0.1, 0.15) is 53.4 Å². The number of carbonyl (C=O) groups excluding carboxylic acids is 1. The molecule has 1 aromatic heterocycles. The van der Waals surface area contributed by atoms with E-state index < -0.39 is 0 Å². The molecule has 0 aliphatic heterocycles. The highest BCUT2D eigenvalue weighted by atomic mass is 16.1. The number of aliphatic imine (C=N–C) groups is 1. The minimum absolute atomic E-state index is 0.0384. The second kappa shape index (κ2) is 9.56. The van der Waals surface area contributed by atoms with Crippen LogP contribution in [0.25, 0.3) is 0 Å². The number of rotatable bonds is 4. The minimum atomic E-state index is -0.203. The summed E-state index contributed by atoms with van der Waals surface area (Å²) in [6, 6.07) is 17.7. The molecule has 1 amide bonds. The van der Waals surface area contributed by atoms with Crippen LogP contribution < -0.4 is 10.6 Å². The zero-order valence-corrected chi connectivity index (χ0v) is 18.9. The van der Waals surface area contributed by atoms with E-state index in [2.05, 4.69) is 47.4 Å². The second-order valence-electron chi connectivity index (χ2n) is 8.80. The number of nitrogens with one attached hydrogen (secondary N) is 2. The molecule has 3 rings (SSSR count). The largest absolute Gasteiger partial charge is 0.326 e. The molecule has 3 aromatic rings. The highest BCUT2D eigenvalue weighted by Crippen LogP contribution is 2.22. The van der Waals surface area contributed by atoms with E-state index in [-0.39, 0.29) is 11.3 Å². The number of aromatic nitrogens is 1. The molecule has 5 heteroatoms. The SMILES string of the molecule is Cc1cc(C)cc(NC(=NCc2ccncc2)NC(=O)c2ccc(C(C)(C)C)cc2)c1. The number of nitrogens with zero attached hydrogens (tertiary/aromatic N) is 2. The second-order valence-corrected chi connectivity index (χ2v) is 8.80. The van der Waals surface area contributed by atoms with Crippen molar-refractivity contribution in [3.63, 3.8) is 0 Å². The third-order valence-electron chi connectivity index (χ3n) is 4.90. The predicted molar refractivity (Wildman–Crippen MR) is 128 cm³/mol. The van der Waals surface area contributed by atoms with Crippen LogP contribution in [0.4, 0.5) is 5.69 Å². The number of anilines is 1. The lowest BCUT2D eigenvalue weighted by Gasteiger charge is -2.19. The molecule has 2 aromatic carbocycles. The van der Waals surface area contributed by atoms with Gasteiger partial charge in [0.05, 0.1) is 6.54 Å². The maximum atomic E-state index is 12.9. The van der Waals surface area contributed by atoms with Crippen LogP contribution in [0.2, 0.25) is 0 Å². The summed E-state index contributed by atoms with van der Waals surface area (Å²) in [5, 5.41) is 6.20. The average molecular weight is 415 g/mol. The lowest BCUT2D eigenvalue weighted by molar-refractivity contribution is 0.0977. The first-order valence-electron chi connectivity index (χ1n) is 10.4. The van der Waals surface area contributed by atoms with Crippen molar-refractivity contribution in [1.82, 2.24) is 10.3 Å². The summed E-state index contributed by atoms with van der Waals surface area (Å²) >= 11 is 0. The molecular formula is C26H30N4O. The fraction of sp³-hybridized carbons (Fsp3) is 0.269. The topological polar surface area (TPSA) is 66.4 Å². The van der Waals surface area contributed by atoms with Gasteiger partial charge in [0.1, 0.15) is 0 Å². The molecule has 0 spiro atoms. The maximum absolute atomic E-state index is 12.9. The summed E-state index contributed by atoms with van der Waals surface area (Å²) in [5.41, 5.74) is 5.99. The minimum Gasteiger partial charge on any atom is -0.326 e. The number of carbonyl (C=O) groups is 1. The number of benzene rings is 2. The highest BCUT2D eigenvalue weighted by molar-refractivity contribution is 6.10. The molecule has 0 radical (unpaired) electrons. The third kappa shape index (κ3) is 6.51. The van der Waals surface area contributed by atoms with Crippen molar-refractivity contribution >= 4 is 17.6 Å². The zero-order valence-electron chi connectivity index (χ0n) is 18.9. The normalized spacial score (nSPS) is 11.8. The van der Waals surface area contributed by atoms with Crippen LogP contribution in [0, 0.1) is 13.8 Å². The van der Waals surface area contributed by atoms with Crippen LogP contribution in [0.3, 0.4) is 0 Å². The van der Waals surface area contributed by atoms with E-state index in [1.807, 2.05) is 62.4 Å². The Balaban J connectivity index is 1.82. The highest BCUT2D eigenvalue weighted by Gasteiger charge is 2.15. The maximum Gasteiger partial charge on any atom is 0.257 e. The first-order valence-corrected chi connectivity index (χ1v) is 10.4. The summed E-state index contributed by atoms with van der Waals surface area (Å²) in [7, 11) is 0. The van der Waals surface area contributed by atoms with Crippen LogP contribution in [-0.2, 0) is 12.0 Å². The lowest BCUT2D eigenvalue weighted by Crippen LogP contribution is -2.36. The molecule has 0 saturated heterocycles. The van der Waals surface area contributed by atoms with Crippen molar-refractivity contribution < 1.29 is 4.79 Å². The fourth-order valence-electron chi connectivity index (χ4n) is 3.25. The number of guanidine groups is 1. The molecule has 2 N–H and O–H groups in total. The first kappa shape index (κ1) is 22.2. The van der Waals surface area contributed by atoms with E-state index in [1.54, 1.807) is 12.4 Å². The van der Waals surface area contributed by atoms with E-state index in [4.69, 9.17) is 0 Å². The van der Waals surface area contributed by atoms with Gasteiger partial charge in [-0.3, -0.25) is 15.1 Å². The van der Waals surface area contributed by atoms with Gasteiger partial charge in [-0.2, -0.15) is 0 Å². The summed E-state index contributed by atoms with van der Waals surface area (Å²) in [6.07, 6.45) is 3.47. The third-order valence-corrected chi connectivity index (χ3v) is 4.90. The zero-order chi connectivity index (χ0) is 22.4. The van der Waals surface area contributed by atoms with E-state index in [0.29, 0.717) is 18.1 Å². The molecule has 0 atom stereocenters. The molecule has 0 aliphatic carbocycles. The van der Waals surface area contributed by atoms with Gasteiger partial charge < -0.3 is 5.32 Å². The van der Waals surface area contributed by atoms with Crippen LogP contribution in [0.15, 0.2) is 72.0 Å². The van der Waals surface area contributed by atoms with Gasteiger partial charge in [0, 0.05) is 23.6 Å². The van der Waals surface area contributed by atoms with Crippen molar-refractivity contribution in [2.75, 3.05) is 5.32 Å². The van der Waals surface area contributed by atoms with Crippen molar-refractivity contribution in [2.24, 2.45) is 4.99 Å². The number of pyridine rings is 1. The van der Waals surface area contributed by atoms with Crippen molar-refractivity contribution in [3.8, 4) is 0 Å². The van der Waals surface area contributed by atoms with Crippen LogP contribution in [-0.4, -0.2) is 16.9 Å². The van der Waals surface area contributed by atoms with E-state index in [0.717, 1.165) is 22.4 Å². The van der Waals surface area contributed by atoms with E-state index in [1.165, 1.54) is 5.56 Å². The Kier molecular flexibility index (Phi) is 6.85. The van der Waals surface area contributed by atoms with Gasteiger partial charge in [0.25, 0.3) is 5.91 Å². The number of hydrogen-bond donors (Lipinski definition) is 2. The molecule has 0 bridgehead atoms. The Bertz CT molecular complexity index is 1040. The number of amides is 1. The standard InChI is InChI=1S/C26H30N4O/c1-18-14-19(2)16-23(15-18)29-25(28-17-20-10-12-27-13-11-20)30-24(31)21-6-8-22(9-7-21)26(3,4)5/h6-16H,17H2,1-5H3,(H2,28,29,30,31). The summed E-state index contributed by atoms with van der Waals surface area (Å²) in [5.74, 6) is 0.206. The van der Waals surface area contributed by atoms with Crippen molar-refractivity contribution in [3.05, 3.63) is 94.8 Å². The fourth-order valence-corrected chi connectivity index (χ4v) is 3.25. The van der Waals surface area contributed by atoms with Crippen molar-refractivity contribution in [2.45, 2.75) is 46.6 Å². The monoisotopic (exact) mass is 414 g/mol. The molecule has 5 nitrogen and oxygen atoms in total. The van der Waals surface area contributed by atoms with Gasteiger partial charge in [0.2, 0.25) is 5.96 Å². The molecule has 0 saturated carbocycles.